The highest BCUT2D eigenvalue weighted by molar-refractivity contribution is 7.80. The van der Waals surface area contributed by atoms with E-state index in [0.717, 1.165) is 16.5 Å². The summed E-state index contributed by atoms with van der Waals surface area (Å²) in [4.78, 5) is 53.0. The fraction of sp³-hybridized carbons (Fsp3) is 0.478. The second kappa shape index (κ2) is 13.1. The van der Waals surface area contributed by atoms with Crippen molar-refractivity contribution < 1.29 is 29.4 Å². The number of hydrogen-bond acceptors (Lipinski definition) is 7. The lowest BCUT2D eigenvalue weighted by molar-refractivity contribution is -0.141. The Morgan fingerprint density at radius 2 is 1.60 bits per heavy atom. The van der Waals surface area contributed by atoms with E-state index in [1.165, 1.54) is 0 Å². The van der Waals surface area contributed by atoms with Gasteiger partial charge in [-0.3, -0.25) is 14.4 Å². The van der Waals surface area contributed by atoms with Crippen LogP contribution in [-0.4, -0.2) is 75.4 Å². The van der Waals surface area contributed by atoms with Crippen LogP contribution in [-0.2, 0) is 25.6 Å². The smallest absolute Gasteiger partial charge is 0.327 e. The number of nitrogens with one attached hydrogen (secondary N) is 4. The van der Waals surface area contributed by atoms with Gasteiger partial charge in [0.15, 0.2) is 0 Å². The van der Waals surface area contributed by atoms with Crippen LogP contribution in [0.3, 0.4) is 0 Å². The first kappa shape index (κ1) is 28.1. The Hall–Kier alpha value is -3.09. The lowest BCUT2D eigenvalue weighted by Gasteiger charge is -2.25. The monoisotopic (exact) mass is 507 g/mol. The molecule has 0 aliphatic rings. The van der Waals surface area contributed by atoms with E-state index in [1.807, 2.05) is 38.1 Å². The number of hydrogen-bond donors (Lipinski definition) is 8. The largest absolute Gasteiger partial charge is 0.480 e. The van der Waals surface area contributed by atoms with E-state index in [2.05, 4.69) is 33.6 Å². The summed E-state index contributed by atoms with van der Waals surface area (Å²) in [6.07, 6.45) is 2.04. The number of para-hydroxylation sites is 1. The molecule has 3 amide bonds. The number of aromatic amines is 1. The van der Waals surface area contributed by atoms with Crippen LogP contribution in [0.25, 0.3) is 10.9 Å². The van der Waals surface area contributed by atoms with Crippen molar-refractivity contribution in [3.63, 3.8) is 0 Å². The maximum atomic E-state index is 13.2. The van der Waals surface area contributed by atoms with Gasteiger partial charge < -0.3 is 36.9 Å². The van der Waals surface area contributed by atoms with E-state index in [0.29, 0.717) is 0 Å². The quantitative estimate of drug-likeness (QED) is 0.169. The molecule has 192 valence electrons. The van der Waals surface area contributed by atoms with Crippen molar-refractivity contribution in [1.82, 2.24) is 20.9 Å². The van der Waals surface area contributed by atoms with Gasteiger partial charge in [0.05, 0.1) is 6.61 Å². The third-order valence-corrected chi connectivity index (χ3v) is 5.77. The number of aliphatic carboxylic acids is 1. The zero-order valence-electron chi connectivity index (χ0n) is 19.7. The molecule has 0 bridgehead atoms. The predicted molar refractivity (Wildman–Crippen MR) is 134 cm³/mol. The SMILES string of the molecule is CC(C)CC(NC(=O)C(N)CO)C(=O)NC(Cc1c[nH]c2ccccc12)C(=O)NC(CS)C(=O)O. The fourth-order valence-corrected chi connectivity index (χ4v) is 3.77. The third kappa shape index (κ3) is 7.98. The molecule has 11 nitrogen and oxygen atoms in total. The Balaban J connectivity index is 2.30. The van der Waals surface area contributed by atoms with Gasteiger partial charge in [0.2, 0.25) is 17.7 Å². The van der Waals surface area contributed by atoms with Crippen LogP contribution in [0, 0.1) is 5.92 Å². The maximum Gasteiger partial charge on any atom is 0.327 e. The Labute approximate surface area is 208 Å². The Bertz CT molecular complexity index is 1040. The molecule has 0 aliphatic carbocycles. The van der Waals surface area contributed by atoms with Crippen LogP contribution < -0.4 is 21.7 Å². The van der Waals surface area contributed by atoms with Gasteiger partial charge in [0.1, 0.15) is 24.2 Å². The number of thiol groups is 1. The Kier molecular flexibility index (Phi) is 10.6. The van der Waals surface area contributed by atoms with Crippen molar-refractivity contribution in [2.24, 2.45) is 11.7 Å². The second-order valence-corrected chi connectivity index (χ2v) is 9.05. The van der Waals surface area contributed by atoms with Gasteiger partial charge in [-0.25, -0.2) is 4.79 Å². The van der Waals surface area contributed by atoms with Crippen molar-refractivity contribution in [2.75, 3.05) is 12.4 Å². The summed E-state index contributed by atoms with van der Waals surface area (Å²) in [5.41, 5.74) is 7.15. The lowest BCUT2D eigenvalue weighted by Crippen LogP contribution is -2.58. The average molecular weight is 508 g/mol. The molecule has 0 spiro atoms. The molecular formula is C23H33N5O6S. The normalized spacial score (nSPS) is 14.7. The van der Waals surface area contributed by atoms with E-state index in [9.17, 15) is 24.3 Å². The Morgan fingerprint density at radius 3 is 2.20 bits per heavy atom. The van der Waals surface area contributed by atoms with Crippen molar-refractivity contribution in [1.29, 1.82) is 0 Å². The number of nitrogens with two attached hydrogens (primary N) is 1. The minimum Gasteiger partial charge on any atom is -0.480 e. The van der Waals surface area contributed by atoms with E-state index >= 15 is 0 Å². The van der Waals surface area contributed by atoms with Crippen LogP contribution in [0.2, 0.25) is 0 Å². The van der Waals surface area contributed by atoms with Gasteiger partial charge in [-0.05, 0) is 24.0 Å². The van der Waals surface area contributed by atoms with Gasteiger partial charge in [-0.2, -0.15) is 12.6 Å². The number of aliphatic hydroxyl groups is 1. The number of aliphatic hydroxyl groups excluding tert-OH is 1. The highest BCUT2D eigenvalue weighted by atomic mass is 32.1. The van der Waals surface area contributed by atoms with Crippen LogP contribution in [0.15, 0.2) is 30.5 Å². The summed E-state index contributed by atoms with van der Waals surface area (Å²) in [5.74, 6) is -3.42. The summed E-state index contributed by atoms with van der Waals surface area (Å²) in [7, 11) is 0. The summed E-state index contributed by atoms with van der Waals surface area (Å²) < 4.78 is 0. The molecule has 2 rings (SSSR count). The number of carboxylic acids is 1. The first-order chi connectivity index (χ1) is 16.6. The van der Waals surface area contributed by atoms with Gasteiger partial charge in [-0.15, -0.1) is 0 Å². The van der Waals surface area contributed by atoms with E-state index in [1.54, 1.807) is 6.20 Å². The van der Waals surface area contributed by atoms with Crippen molar-refractivity contribution in [3.05, 3.63) is 36.0 Å². The molecule has 8 N–H and O–H groups in total. The van der Waals surface area contributed by atoms with Gasteiger partial charge in [0.25, 0.3) is 0 Å². The third-order valence-electron chi connectivity index (χ3n) is 5.40. The number of rotatable bonds is 13. The number of carbonyl (C=O) groups is 4. The highest BCUT2D eigenvalue weighted by Gasteiger charge is 2.31. The zero-order chi connectivity index (χ0) is 26.1. The molecule has 0 saturated heterocycles. The molecule has 12 heteroatoms. The molecule has 4 atom stereocenters. The molecule has 1 aromatic carbocycles. The molecule has 35 heavy (non-hydrogen) atoms. The minimum atomic E-state index is -1.26. The highest BCUT2D eigenvalue weighted by Crippen LogP contribution is 2.19. The number of benzene rings is 1. The first-order valence-electron chi connectivity index (χ1n) is 11.2. The summed E-state index contributed by atoms with van der Waals surface area (Å²) in [6, 6.07) is 2.83. The second-order valence-electron chi connectivity index (χ2n) is 8.69. The number of carboxylic acid groups (broad SMARTS) is 1. The van der Waals surface area contributed by atoms with Gasteiger partial charge in [-0.1, -0.05) is 32.0 Å². The molecular weight excluding hydrogens is 474 g/mol. The van der Waals surface area contributed by atoms with E-state index in [4.69, 9.17) is 10.8 Å². The topological polar surface area (TPSA) is 187 Å². The summed E-state index contributed by atoms with van der Waals surface area (Å²) in [5, 5.41) is 26.9. The first-order valence-corrected chi connectivity index (χ1v) is 11.9. The van der Waals surface area contributed by atoms with E-state index < -0.39 is 54.5 Å². The molecule has 4 unspecified atom stereocenters. The molecule has 1 heterocycles. The summed E-state index contributed by atoms with van der Waals surface area (Å²) in [6.45, 7) is 3.13. The molecule has 1 aromatic heterocycles. The van der Waals surface area contributed by atoms with Crippen molar-refractivity contribution in [2.45, 2.75) is 50.9 Å². The van der Waals surface area contributed by atoms with Crippen LogP contribution in [0.4, 0.5) is 0 Å². The zero-order valence-corrected chi connectivity index (χ0v) is 20.5. The average Bonchev–Trinajstić information content (AvgIpc) is 3.23. The van der Waals surface area contributed by atoms with Crippen LogP contribution in [0.5, 0.6) is 0 Å². The van der Waals surface area contributed by atoms with Crippen molar-refractivity contribution >= 4 is 47.2 Å². The van der Waals surface area contributed by atoms with Gasteiger partial charge >= 0.3 is 5.97 Å². The van der Waals surface area contributed by atoms with Crippen molar-refractivity contribution in [3.8, 4) is 0 Å². The molecule has 0 radical (unpaired) electrons. The van der Waals surface area contributed by atoms with E-state index in [-0.39, 0.29) is 24.5 Å². The van der Waals surface area contributed by atoms with Gasteiger partial charge in [0, 0.05) is 29.3 Å². The molecule has 0 fully saturated rings. The Morgan fingerprint density at radius 1 is 1.00 bits per heavy atom. The van der Waals surface area contributed by atoms with Crippen LogP contribution >= 0.6 is 12.6 Å². The number of amides is 3. The maximum absolute atomic E-state index is 13.2. The predicted octanol–water partition coefficient (Wildman–Crippen LogP) is -0.455. The number of aromatic nitrogens is 1. The molecule has 0 saturated carbocycles. The molecule has 0 aliphatic heterocycles. The lowest BCUT2D eigenvalue weighted by atomic mass is 10.0. The fourth-order valence-electron chi connectivity index (χ4n) is 3.52. The standard InChI is InChI=1S/C23H33N5O6S/c1-12(2)7-17(26-20(30)15(24)10-29)21(31)27-18(22(32)28-19(11-35)23(33)34)8-13-9-25-16-6-4-3-5-14(13)16/h3-6,9,12,15,17-19,25,29,35H,7-8,10-11,24H2,1-2H3,(H,26,30)(H,27,31)(H,28,32)(H,33,34). The molecule has 2 aromatic rings. The number of H-pyrrole nitrogens is 1. The number of fused-ring (bicyclic) bond motifs is 1. The number of carbonyl (C=O) groups excluding carboxylic acids is 3. The summed E-state index contributed by atoms with van der Waals surface area (Å²) >= 11 is 3.97. The minimum absolute atomic E-state index is 0.0119. The van der Waals surface area contributed by atoms with Crippen LogP contribution in [0.1, 0.15) is 25.8 Å².